The molecule has 0 spiro atoms. The van der Waals surface area contributed by atoms with Crippen molar-refractivity contribution in [1.29, 1.82) is 0 Å². The van der Waals surface area contributed by atoms with E-state index in [-0.39, 0.29) is 5.91 Å². The first-order valence-electron chi connectivity index (χ1n) is 9.89. The average Bonchev–Trinajstić information content (AvgIpc) is 3.05. The van der Waals surface area contributed by atoms with Gasteiger partial charge in [0.2, 0.25) is 5.91 Å². The van der Waals surface area contributed by atoms with E-state index in [1.807, 2.05) is 0 Å². The van der Waals surface area contributed by atoms with E-state index in [2.05, 4.69) is 17.1 Å². The van der Waals surface area contributed by atoms with Gasteiger partial charge in [0, 0.05) is 46.3 Å². The monoisotopic (exact) mass is 352 g/mol. The van der Waals surface area contributed by atoms with Gasteiger partial charge in [-0.1, -0.05) is 12.8 Å². The van der Waals surface area contributed by atoms with Gasteiger partial charge in [-0.3, -0.25) is 9.79 Å². The number of methoxy groups -OCH3 is 1. The minimum absolute atomic E-state index is 0.196. The number of ether oxygens (including phenoxy) is 1. The van der Waals surface area contributed by atoms with Crippen molar-refractivity contribution in [2.45, 2.75) is 58.3 Å². The summed E-state index contributed by atoms with van der Waals surface area (Å²) in [6.45, 7) is 6.54. The van der Waals surface area contributed by atoms with Crippen LogP contribution in [0.1, 0.15) is 58.3 Å². The molecule has 0 aromatic carbocycles. The lowest BCUT2D eigenvalue weighted by Crippen LogP contribution is -2.47. The molecule has 6 heteroatoms. The van der Waals surface area contributed by atoms with Crippen LogP contribution in [0, 0.1) is 11.3 Å². The summed E-state index contributed by atoms with van der Waals surface area (Å²) in [4.78, 5) is 18.6. The first kappa shape index (κ1) is 20.0. The minimum atomic E-state index is -0.196. The molecule has 1 aliphatic carbocycles. The molecule has 144 valence electrons. The summed E-state index contributed by atoms with van der Waals surface area (Å²) >= 11 is 0. The molecule has 3 N–H and O–H groups in total. The van der Waals surface area contributed by atoms with Crippen molar-refractivity contribution >= 4 is 11.9 Å². The van der Waals surface area contributed by atoms with Gasteiger partial charge < -0.3 is 20.7 Å². The molecule has 1 atom stereocenters. The lowest BCUT2D eigenvalue weighted by Gasteiger charge is -2.35. The summed E-state index contributed by atoms with van der Waals surface area (Å²) in [5, 5.41) is 3.45. The number of guanidine groups is 1. The van der Waals surface area contributed by atoms with Crippen molar-refractivity contribution in [3.05, 3.63) is 0 Å². The molecule has 0 aromatic rings. The number of hydrogen-bond acceptors (Lipinski definition) is 3. The Morgan fingerprint density at radius 3 is 2.76 bits per heavy atom. The summed E-state index contributed by atoms with van der Waals surface area (Å²) < 4.78 is 5.33. The van der Waals surface area contributed by atoms with Crippen molar-refractivity contribution in [3.63, 3.8) is 0 Å². The van der Waals surface area contributed by atoms with Crippen molar-refractivity contribution in [2.24, 2.45) is 22.1 Å². The molecule has 1 saturated heterocycles. The highest BCUT2D eigenvalue weighted by Crippen LogP contribution is 2.41. The largest absolute Gasteiger partial charge is 0.385 e. The topological polar surface area (TPSA) is 80.0 Å². The fraction of sp³-hybridized carbons (Fsp3) is 0.895. The summed E-state index contributed by atoms with van der Waals surface area (Å²) in [6.07, 6.45) is 8.87. The Balaban J connectivity index is 2.02. The zero-order chi connectivity index (χ0) is 18.1. The molecule has 0 bridgehead atoms. The van der Waals surface area contributed by atoms with Crippen LogP contribution >= 0.6 is 0 Å². The van der Waals surface area contributed by atoms with Crippen LogP contribution in [-0.4, -0.2) is 56.7 Å². The Labute approximate surface area is 152 Å². The molecule has 1 heterocycles. The number of primary amides is 1. The summed E-state index contributed by atoms with van der Waals surface area (Å²) in [5.41, 5.74) is 5.70. The standard InChI is InChI=1S/C19H36N4O2/c1-3-21-18(23-11-6-7-16(14-23)13-17(20)24)22-15-19(10-12-25-2)8-4-5-9-19/h16H,3-15H2,1-2H3,(H2,20,24)(H,21,22). The molecule has 1 unspecified atom stereocenters. The second-order valence-electron chi connectivity index (χ2n) is 7.74. The van der Waals surface area contributed by atoms with Crippen LogP contribution in [0.25, 0.3) is 0 Å². The van der Waals surface area contributed by atoms with Gasteiger partial charge in [0.05, 0.1) is 0 Å². The Bertz CT molecular complexity index is 447. The molecule has 2 aliphatic rings. The number of carbonyl (C=O) groups excluding carboxylic acids is 1. The van der Waals surface area contributed by atoms with Crippen molar-refractivity contribution in [3.8, 4) is 0 Å². The van der Waals surface area contributed by atoms with Gasteiger partial charge in [-0.2, -0.15) is 0 Å². The smallest absolute Gasteiger partial charge is 0.217 e. The molecule has 1 aliphatic heterocycles. The Morgan fingerprint density at radius 1 is 1.36 bits per heavy atom. The molecule has 6 nitrogen and oxygen atoms in total. The second kappa shape index (κ2) is 10.00. The van der Waals surface area contributed by atoms with E-state index in [0.717, 1.165) is 58.0 Å². The van der Waals surface area contributed by atoms with Crippen molar-refractivity contribution < 1.29 is 9.53 Å². The Hall–Kier alpha value is -1.30. The SMILES string of the molecule is CCNC(=NCC1(CCOC)CCCC1)N1CCCC(CC(N)=O)C1. The second-order valence-corrected chi connectivity index (χ2v) is 7.74. The van der Waals surface area contributed by atoms with E-state index >= 15 is 0 Å². The molecule has 25 heavy (non-hydrogen) atoms. The van der Waals surface area contributed by atoms with Crippen LogP contribution in [0.4, 0.5) is 0 Å². The van der Waals surface area contributed by atoms with Gasteiger partial charge in [-0.15, -0.1) is 0 Å². The minimum Gasteiger partial charge on any atom is -0.385 e. The zero-order valence-electron chi connectivity index (χ0n) is 16.1. The lowest BCUT2D eigenvalue weighted by atomic mass is 9.83. The number of carbonyl (C=O) groups is 1. The van der Waals surface area contributed by atoms with E-state index in [1.54, 1.807) is 7.11 Å². The van der Waals surface area contributed by atoms with E-state index in [1.165, 1.54) is 25.7 Å². The maximum Gasteiger partial charge on any atom is 0.217 e. The third kappa shape index (κ3) is 6.17. The quantitative estimate of drug-likeness (QED) is 0.518. The number of aliphatic imine (C=N–C) groups is 1. The summed E-state index contributed by atoms with van der Waals surface area (Å²) in [7, 11) is 1.78. The number of piperidine rings is 1. The highest BCUT2D eigenvalue weighted by molar-refractivity contribution is 5.80. The number of nitrogens with one attached hydrogen (secondary N) is 1. The fourth-order valence-corrected chi connectivity index (χ4v) is 4.31. The third-order valence-corrected chi connectivity index (χ3v) is 5.71. The highest BCUT2D eigenvalue weighted by Gasteiger charge is 2.34. The van der Waals surface area contributed by atoms with Crippen LogP contribution in [0.15, 0.2) is 4.99 Å². The Kier molecular flexibility index (Phi) is 8.00. The van der Waals surface area contributed by atoms with Crippen LogP contribution in [0.5, 0.6) is 0 Å². The van der Waals surface area contributed by atoms with E-state index in [4.69, 9.17) is 15.5 Å². The molecule has 0 aromatic heterocycles. The molecule has 0 radical (unpaired) electrons. The van der Waals surface area contributed by atoms with Crippen LogP contribution in [0.3, 0.4) is 0 Å². The highest BCUT2D eigenvalue weighted by atomic mass is 16.5. The van der Waals surface area contributed by atoms with Crippen molar-refractivity contribution in [1.82, 2.24) is 10.2 Å². The number of likely N-dealkylation sites (tertiary alicyclic amines) is 1. The van der Waals surface area contributed by atoms with Gasteiger partial charge in [-0.25, -0.2) is 0 Å². The van der Waals surface area contributed by atoms with E-state index < -0.39 is 0 Å². The Morgan fingerprint density at radius 2 is 2.12 bits per heavy atom. The zero-order valence-corrected chi connectivity index (χ0v) is 16.1. The number of nitrogens with zero attached hydrogens (tertiary/aromatic N) is 2. The van der Waals surface area contributed by atoms with Gasteiger partial charge in [0.15, 0.2) is 5.96 Å². The van der Waals surface area contributed by atoms with Crippen molar-refractivity contribution in [2.75, 3.05) is 39.9 Å². The first-order valence-corrected chi connectivity index (χ1v) is 9.89. The maximum absolute atomic E-state index is 11.3. The van der Waals surface area contributed by atoms with Gasteiger partial charge in [0.1, 0.15) is 0 Å². The molecule has 2 rings (SSSR count). The molecule has 2 fully saturated rings. The van der Waals surface area contributed by atoms with Crippen LogP contribution in [0.2, 0.25) is 0 Å². The predicted octanol–water partition coefficient (Wildman–Crippen LogP) is 2.14. The van der Waals surface area contributed by atoms with Gasteiger partial charge in [0.25, 0.3) is 0 Å². The van der Waals surface area contributed by atoms with Gasteiger partial charge >= 0.3 is 0 Å². The fourth-order valence-electron chi connectivity index (χ4n) is 4.31. The third-order valence-electron chi connectivity index (χ3n) is 5.71. The van der Waals surface area contributed by atoms with E-state index in [0.29, 0.717) is 17.8 Å². The molecular weight excluding hydrogens is 316 g/mol. The maximum atomic E-state index is 11.3. The van der Waals surface area contributed by atoms with E-state index in [9.17, 15) is 4.79 Å². The predicted molar refractivity (Wildman–Crippen MR) is 101 cm³/mol. The normalized spacial score (nSPS) is 23.7. The van der Waals surface area contributed by atoms with Gasteiger partial charge in [-0.05, 0) is 50.4 Å². The van der Waals surface area contributed by atoms with Crippen LogP contribution in [-0.2, 0) is 9.53 Å². The summed E-state index contributed by atoms with van der Waals surface area (Å²) in [6, 6.07) is 0. The number of hydrogen-bond donors (Lipinski definition) is 2. The number of rotatable bonds is 8. The average molecular weight is 353 g/mol. The number of nitrogens with two attached hydrogens (primary N) is 1. The van der Waals surface area contributed by atoms with Crippen LogP contribution < -0.4 is 11.1 Å². The molecule has 1 saturated carbocycles. The first-order chi connectivity index (χ1) is 12.1. The lowest BCUT2D eigenvalue weighted by molar-refractivity contribution is -0.119. The number of amides is 1. The molecule has 1 amide bonds. The molecular formula is C19H36N4O2. The summed E-state index contributed by atoms with van der Waals surface area (Å²) in [5.74, 6) is 1.16.